The highest BCUT2D eigenvalue weighted by atomic mass is 16.6. The van der Waals surface area contributed by atoms with Gasteiger partial charge in [-0.2, -0.15) is 0 Å². The highest BCUT2D eigenvalue weighted by Gasteiger charge is 2.15. The Balaban J connectivity index is 1.93. The van der Waals surface area contributed by atoms with Crippen LogP contribution in [0.1, 0.15) is 13.8 Å². The second-order valence-corrected chi connectivity index (χ2v) is 6.54. The molecule has 0 saturated carbocycles. The van der Waals surface area contributed by atoms with Crippen molar-refractivity contribution in [2.75, 3.05) is 20.8 Å². The van der Waals surface area contributed by atoms with Gasteiger partial charge in [0, 0.05) is 17.0 Å². The molecule has 1 aromatic heterocycles. The smallest absolute Gasteiger partial charge is 0.344 e. The molecule has 0 bridgehead atoms. The van der Waals surface area contributed by atoms with Gasteiger partial charge in [0.1, 0.15) is 22.8 Å². The van der Waals surface area contributed by atoms with E-state index in [-0.39, 0.29) is 12.7 Å². The summed E-state index contributed by atoms with van der Waals surface area (Å²) in [5.74, 6) is 1.05. The minimum absolute atomic E-state index is 0.215. The molecule has 0 radical (unpaired) electrons. The Bertz CT molecular complexity index is 1080. The lowest BCUT2D eigenvalue weighted by Crippen LogP contribution is -2.18. The molecule has 0 unspecified atom stereocenters. The molecule has 0 saturated heterocycles. The van der Waals surface area contributed by atoms with E-state index < -0.39 is 11.6 Å². The van der Waals surface area contributed by atoms with Crippen LogP contribution in [-0.2, 0) is 9.53 Å². The molecule has 7 nitrogen and oxygen atoms in total. The first kappa shape index (κ1) is 20.3. The number of hydrogen-bond donors (Lipinski definition) is 0. The van der Waals surface area contributed by atoms with E-state index in [0.29, 0.717) is 39.3 Å². The molecular formula is C22H22O7. The van der Waals surface area contributed by atoms with Crippen molar-refractivity contribution in [2.24, 2.45) is 0 Å². The summed E-state index contributed by atoms with van der Waals surface area (Å²) in [6.07, 6.45) is -0.215. The fourth-order valence-corrected chi connectivity index (χ4v) is 2.83. The van der Waals surface area contributed by atoms with Crippen molar-refractivity contribution in [3.63, 3.8) is 0 Å². The number of carbonyl (C=O) groups is 1. The van der Waals surface area contributed by atoms with Gasteiger partial charge in [0.2, 0.25) is 0 Å². The maximum Gasteiger partial charge on any atom is 0.344 e. The van der Waals surface area contributed by atoms with Crippen LogP contribution < -0.4 is 19.8 Å². The third kappa shape index (κ3) is 4.68. The first-order valence-corrected chi connectivity index (χ1v) is 9.04. The van der Waals surface area contributed by atoms with Gasteiger partial charge in [-0.1, -0.05) is 0 Å². The van der Waals surface area contributed by atoms with Gasteiger partial charge in [0.05, 0.1) is 25.9 Å². The van der Waals surface area contributed by atoms with Crippen LogP contribution in [0.3, 0.4) is 0 Å². The molecule has 0 fully saturated rings. The van der Waals surface area contributed by atoms with Crippen LogP contribution in [0.5, 0.6) is 17.2 Å². The van der Waals surface area contributed by atoms with Crippen LogP contribution in [0, 0.1) is 0 Å². The average molecular weight is 398 g/mol. The predicted molar refractivity (Wildman–Crippen MR) is 108 cm³/mol. The maximum atomic E-state index is 12.6. The molecule has 0 aliphatic carbocycles. The third-order valence-corrected chi connectivity index (χ3v) is 4.13. The fourth-order valence-electron chi connectivity index (χ4n) is 2.83. The molecule has 3 rings (SSSR count). The zero-order chi connectivity index (χ0) is 21.0. The van der Waals surface area contributed by atoms with Crippen molar-refractivity contribution in [3.8, 4) is 28.4 Å². The second kappa shape index (κ2) is 8.68. The number of methoxy groups -OCH3 is 2. The molecule has 0 atom stereocenters. The summed E-state index contributed by atoms with van der Waals surface area (Å²) in [7, 11) is 3.08. The van der Waals surface area contributed by atoms with Crippen molar-refractivity contribution >= 4 is 16.9 Å². The van der Waals surface area contributed by atoms with Crippen LogP contribution in [0.15, 0.2) is 51.7 Å². The lowest BCUT2D eigenvalue weighted by molar-refractivity contribution is -0.149. The summed E-state index contributed by atoms with van der Waals surface area (Å²) < 4.78 is 26.5. The van der Waals surface area contributed by atoms with E-state index in [4.69, 9.17) is 23.4 Å². The minimum Gasteiger partial charge on any atom is -0.497 e. The number of fused-ring (bicyclic) bond motifs is 1. The van der Waals surface area contributed by atoms with Gasteiger partial charge in [0.25, 0.3) is 0 Å². The zero-order valence-corrected chi connectivity index (χ0v) is 16.7. The number of ether oxygens (including phenoxy) is 4. The van der Waals surface area contributed by atoms with Crippen molar-refractivity contribution in [3.05, 3.63) is 52.9 Å². The first-order valence-electron chi connectivity index (χ1n) is 9.04. The standard InChI is InChI=1S/C22H22O7/c1-13(2)28-21(23)12-27-16-6-5-14-9-18(22(24)29-20(14)11-16)17-10-15(25-3)7-8-19(17)26-4/h5-11,13H,12H2,1-4H3. The summed E-state index contributed by atoms with van der Waals surface area (Å²) in [5.41, 5.74) is 0.734. The number of carbonyl (C=O) groups excluding carboxylic acids is 1. The van der Waals surface area contributed by atoms with Gasteiger partial charge in [0.15, 0.2) is 6.61 Å². The SMILES string of the molecule is COc1ccc(OC)c(-c2cc3ccc(OCC(=O)OC(C)C)cc3oc2=O)c1. The van der Waals surface area contributed by atoms with E-state index in [1.54, 1.807) is 63.4 Å². The molecule has 3 aromatic rings. The Morgan fingerprint density at radius 1 is 0.966 bits per heavy atom. The lowest BCUT2D eigenvalue weighted by atomic mass is 10.0. The maximum absolute atomic E-state index is 12.6. The monoisotopic (exact) mass is 398 g/mol. The average Bonchev–Trinajstić information content (AvgIpc) is 2.70. The first-order chi connectivity index (χ1) is 13.9. The molecule has 29 heavy (non-hydrogen) atoms. The molecule has 1 heterocycles. The van der Waals surface area contributed by atoms with Crippen LogP contribution >= 0.6 is 0 Å². The van der Waals surface area contributed by atoms with Crippen LogP contribution in [-0.4, -0.2) is 32.9 Å². The second-order valence-electron chi connectivity index (χ2n) is 6.54. The Morgan fingerprint density at radius 2 is 1.72 bits per heavy atom. The largest absolute Gasteiger partial charge is 0.497 e. The van der Waals surface area contributed by atoms with E-state index in [2.05, 4.69) is 0 Å². The Kier molecular flexibility index (Phi) is 6.07. The molecule has 0 spiro atoms. The number of benzene rings is 2. The van der Waals surface area contributed by atoms with Gasteiger partial charge < -0.3 is 23.4 Å². The Morgan fingerprint density at radius 3 is 2.41 bits per heavy atom. The summed E-state index contributed by atoms with van der Waals surface area (Å²) in [6.45, 7) is 3.29. The predicted octanol–water partition coefficient (Wildman–Crippen LogP) is 3.81. The highest BCUT2D eigenvalue weighted by Crippen LogP contribution is 2.33. The van der Waals surface area contributed by atoms with Crippen LogP contribution in [0.2, 0.25) is 0 Å². The van der Waals surface area contributed by atoms with Gasteiger partial charge in [-0.25, -0.2) is 9.59 Å². The zero-order valence-electron chi connectivity index (χ0n) is 16.7. The third-order valence-electron chi connectivity index (χ3n) is 4.13. The van der Waals surface area contributed by atoms with Crippen LogP contribution in [0.4, 0.5) is 0 Å². The molecule has 0 amide bonds. The molecule has 0 aliphatic rings. The normalized spacial score (nSPS) is 10.8. The highest BCUT2D eigenvalue weighted by molar-refractivity contribution is 5.84. The van der Waals surface area contributed by atoms with Gasteiger partial charge in [-0.15, -0.1) is 0 Å². The Labute approximate surface area is 167 Å². The summed E-state index contributed by atoms with van der Waals surface area (Å²) in [6, 6.07) is 11.9. The molecule has 0 aliphatic heterocycles. The number of esters is 1. The van der Waals surface area contributed by atoms with Crippen LogP contribution in [0.25, 0.3) is 22.1 Å². The Hall–Kier alpha value is -3.48. The van der Waals surface area contributed by atoms with Gasteiger partial charge >= 0.3 is 11.6 Å². The number of hydrogen-bond acceptors (Lipinski definition) is 7. The topological polar surface area (TPSA) is 84.2 Å². The van der Waals surface area contributed by atoms with E-state index in [0.717, 1.165) is 0 Å². The number of rotatable bonds is 7. The summed E-state index contributed by atoms with van der Waals surface area (Å²) in [4.78, 5) is 24.2. The van der Waals surface area contributed by atoms with Gasteiger partial charge in [-0.05, 0) is 50.2 Å². The van der Waals surface area contributed by atoms with E-state index in [1.807, 2.05) is 0 Å². The molecule has 152 valence electrons. The molecular weight excluding hydrogens is 376 g/mol. The molecule has 7 heteroatoms. The van der Waals surface area contributed by atoms with E-state index >= 15 is 0 Å². The van der Waals surface area contributed by atoms with Gasteiger partial charge in [-0.3, -0.25) is 0 Å². The summed E-state index contributed by atoms with van der Waals surface area (Å²) in [5, 5.41) is 0.696. The van der Waals surface area contributed by atoms with Crippen molar-refractivity contribution in [2.45, 2.75) is 20.0 Å². The van der Waals surface area contributed by atoms with Crippen molar-refractivity contribution in [1.29, 1.82) is 0 Å². The molecule has 0 N–H and O–H groups in total. The van der Waals surface area contributed by atoms with Crippen molar-refractivity contribution in [1.82, 2.24) is 0 Å². The summed E-state index contributed by atoms with van der Waals surface area (Å²) >= 11 is 0. The minimum atomic E-state index is -0.527. The molecule has 2 aromatic carbocycles. The van der Waals surface area contributed by atoms with E-state index in [1.165, 1.54) is 7.11 Å². The quantitative estimate of drug-likeness (QED) is 0.442. The fraction of sp³-hybridized carbons (Fsp3) is 0.273. The van der Waals surface area contributed by atoms with Crippen molar-refractivity contribution < 1.29 is 28.2 Å². The van der Waals surface area contributed by atoms with E-state index in [9.17, 15) is 9.59 Å². The lowest BCUT2D eigenvalue weighted by Gasteiger charge is -2.11.